The third kappa shape index (κ3) is 2.93. The van der Waals surface area contributed by atoms with Crippen molar-refractivity contribution < 1.29 is 4.79 Å². The monoisotopic (exact) mass is 460 g/mol. The summed E-state index contributed by atoms with van der Waals surface area (Å²) in [5, 5.41) is 0. The van der Waals surface area contributed by atoms with Crippen molar-refractivity contribution in [2.45, 2.75) is 13.0 Å². The number of carbonyl (C=O) groups excluding carboxylic acids is 1. The van der Waals surface area contributed by atoms with Gasteiger partial charge in [0.1, 0.15) is 0 Å². The summed E-state index contributed by atoms with van der Waals surface area (Å²) in [5.74, 6) is 1.16. The predicted molar refractivity (Wildman–Crippen MR) is 135 cm³/mol. The first kappa shape index (κ1) is 20.2. The van der Waals surface area contributed by atoms with E-state index in [1.807, 2.05) is 41.6 Å². The third-order valence-corrected chi connectivity index (χ3v) is 7.73. The van der Waals surface area contributed by atoms with Gasteiger partial charge in [-0.15, -0.1) is 0 Å². The summed E-state index contributed by atoms with van der Waals surface area (Å²) >= 11 is 0. The van der Waals surface area contributed by atoms with E-state index >= 15 is 0 Å². The lowest BCUT2D eigenvalue weighted by atomic mass is 9.79. The molecule has 0 N–H and O–H groups in total. The van der Waals surface area contributed by atoms with E-state index in [1.165, 1.54) is 0 Å². The highest BCUT2D eigenvalue weighted by molar-refractivity contribution is 6.01. The van der Waals surface area contributed by atoms with Gasteiger partial charge in [0.15, 0.2) is 11.5 Å². The van der Waals surface area contributed by atoms with Crippen molar-refractivity contribution in [2.75, 3.05) is 31.6 Å². The molecule has 35 heavy (non-hydrogen) atoms. The van der Waals surface area contributed by atoms with E-state index in [0.717, 1.165) is 65.6 Å². The van der Waals surface area contributed by atoms with Crippen LogP contribution in [0.15, 0.2) is 67.1 Å². The number of fused-ring (bicyclic) bond motifs is 5. The number of imidazole rings is 1. The summed E-state index contributed by atoms with van der Waals surface area (Å²) in [4.78, 5) is 25.7. The number of hydrogen-bond acceptors (Lipinski definition) is 3. The van der Waals surface area contributed by atoms with Crippen molar-refractivity contribution >= 4 is 17.3 Å². The van der Waals surface area contributed by atoms with Gasteiger partial charge in [0.2, 0.25) is 5.91 Å². The van der Waals surface area contributed by atoms with E-state index < -0.39 is 0 Å². The molecule has 2 saturated heterocycles. The molecular formula is C28H24N6O. The molecule has 7 nitrogen and oxygen atoms in total. The third-order valence-electron chi connectivity index (χ3n) is 7.73. The van der Waals surface area contributed by atoms with Crippen LogP contribution in [0.3, 0.4) is 0 Å². The molecule has 7 heteroatoms. The Morgan fingerprint density at radius 2 is 1.89 bits per heavy atom. The number of amides is 1. The maximum Gasteiger partial charge on any atom is 0.235 e. The van der Waals surface area contributed by atoms with Crippen molar-refractivity contribution in [2.24, 2.45) is 5.41 Å². The Morgan fingerprint density at radius 3 is 2.66 bits per heavy atom. The van der Waals surface area contributed by atoms with E-state index in [-0.39, 0.29) is 11.3 Å². The molecule has 0 unspecified atom stereocenters. The summed E-state index contributed by atoms with van der Waals surface area (Å²) in [6.07, 6.45) is 6.92. The summed E-state index contributed by atoms with van der Waals surface area (Å²) < 4.78 is 4.37. The molecule has 0 saturated carbocycles. The molecule has 3 aliphatic heterocycles. The van der Waals surface area contributed by atoms with Gasteiger partial charge in [0, 0.05) is 56.0 Å². The predicted octanol–water partition coefficient (Wildman–Crippen LogP) is 4.59. The van der Waals surface area contributed by atoms with Crippen molar-refractivity contribution in [1.29, 1.82) is 0 Å². The van der Waals surface area contributed by atoms with Crippen LogP contribution >= 0.6 is 0 Å². The SMILES string of the molecule is [C-]#[N+]c1ccc(-c2cc3n(c2)Cc2cc(N4CCC5(CN(C)C5)C4=O)ccc2-n2ccnc2-3)cc1. The average Bonchev–Trinajstić information content (AvgIpc) is 3.56. The molecule has 0 aliphatic carbocycles. The van der Waals surface area contributed by atoms with Crippen molar-refractivity contribution in [3.63, 3.8) is 0 Å². The van der Waals surface area contributed by atoms with Gasteiger partial charge in [0.25, 0.3) is 0 Å². The maximum absolute atomic E-state index is 13.3. The molecule has 0 bridgehead atoms. The molecule has 4 aromatic rings. The van der Waals surface area contributed by atoms with E-state index in [4.69, 9.17) is 6.57 Å². The highest BCUT2D eigenvalue weighted by Crippen LogP contribution is 2.42. The van der Waals surface area contributed by atoms with Crippen molar-refractivity contribution in [3.8, 4) is 28.3 Å². The fourth-order valence-electron chi connectivity index (χ4n) is 6.03. The second-order valence-corrected chi connectivity index (χ2v) is 9.99. The van der Waals surface area contributed by atoms with Crippen LogP contribution in [0.5, 0.6) is 0 Å². The zero-order chi connectivity index (χ0) is 23.7. The largest absolute Gasteiger partial charge is 0.340 e. The summed E-state index contributed by atoms with van der Waals surface area (Å²) in [7, 11) is 2.08. The van der Waals surface area contributed by atoms with Gasteiger partial charge in [-0.3, -0.25) is 9.36 Å². The fraction of sp³-hybridized carbons (Fsp3) is 0.250. The molecule has 1 amide bonds. The first-order valence-corrected chi connectivity index (χ1v) is 11.9. The van der Waals surface area contributed by atoms with Gasteiger partial charge < -0.3 is 14.4 Å². The Kier molecular flexibility index (Phi) is 4.15. The normalized spacial score (nSPS) is 17.9. The Bertz CT molecular complexity index is 1530. The Hall–Kier alpha value is -4.15. The Balaban J connectivity index is 1.28. The van der Waals surface area contributed by atoms with Crippen LogP contribution < -0.4 is 4.90 Å². The number of nitrogens with zero attached hydrogens (tertiary/aromatic N) is 6. The lowest BCUT2D eigenvalue weighted by molar-refractivity contribution is -0.133. The van der Waals surface area contributed by atoms with Crippen LogP contribution in [0.25, 0.3) is 33.2 Å². The van der Waals surface area contributed by atoms with E-state index in [2.05, 4.69) is 61.4 Å². The number of rotatable bonds is 2. The number of likely N-dealkylation sites (tertiary alicyclic amines) is 1. The van der Waals surface area contributed by atoms with Gasteiger partial charge in [0.05, 0.1) is 23.4 Å². The Morgan fingerprint density at radius 1 is 1.06 bits per heavy atom. The number of hydrogen-bond donors (Lipinski definition) is 0. The minimum absolute atomic E-state index is 0.190. The maximum atomic E-state index is 13.3. The van der Waals surface area contributed by atoms with Crippen molar-refractivity contribution in [3.05, 3.63) is 84.1 Å². The molecule has 1 spiro atoms. The van der Waals surface area contributed by atoms with Crippen molar-refractivity contribution in [1.82, 2.24) is 19.0 Å². The molecule has 2 aromatic carbocycles. The molecule has 0 radical (unpaired) electrons. The molecule has 172 valence electrons. The van der Waals surface area contributed by atoms with E-state index in [9.17, 15) is 4.79 Å². The van der Waals surface area contributed by atoms with Gasteiger partial charge in [-0.2, -0.15) is 0 Å². The Labute approximate surface area is 203 Å². The van der Waals surface area contributed by atoms with Crippen LogP contribution in [0.1, 0.15) is 12.0 Å². The van der Waals surface area contributed by atoms with E-state index in [0.29, 0.717) is 12.2 Å². The number of benzene rings is 2. The molecular weight excluding hydrogens is 436 g/mol. The molecule has 7 rings (SSSR count). The van der Waals surface area contributed by atoms with Gasteiger partial charge in [-0.05, 0) is 48.9 Å². The lowest BCUT2D eigenvalue weighted by Gasteiger charge is -2.44. The quantitative estimate of drug-likeness (QED) is 0.362. The van der Waals surface area contributed by atoms with Gasteiger partial charge in [-0.25, -0.2) is 9.83 Å². The molecule has 2 aromatic heterocycles. The fourth-order valence-corrected chi connectivity index (χ4v) is 6.03. The smallest absolute Gasteiger partial charge is 0.235 e. The first-order valence-electron chi connectivity index (χ1n) is 11.9. The second kappa shape index (κ2) is 7.17. The lowest BCUT2D eigenvalue weighted by Crippen LogP contribution is -2.58. The van der Waals surface area contributed by atoms with Crippen LogP contribution in [-0.2, 0) is 11.3 Å². The molecule has 3 aliphatic rings. The number of aromatic nitrogens is 3. The van der Waals surface area contributed by atoms with Crippen LogP contribution in [0.2, 0.25) is 0 Å². The van der Waals surface area contributed by atoms with Crippen LogP contribution in [-0.4, -0.2) is 51.6 Å². The van der Waals surface area contributed by atoms with Gasteiger partial charge in [-0.1, -0.05) is 24.3 Å². The minimum Gasteiger partial charge on any atom is -0.340 e. The summed E-state index contributed by atoms with van der Waals surface area (Å²) in [6, 6.07) is 16.2. The zero-order valence-electron chi connectivity index (χ0n) is 19.5. The number of carbonyl (C=O) groups is 1. The minimum atomic E-state index is -0.190. The zero-order valence-corrected chi connectivity index (χ0v) is 19.5. The average molecular weight is 461 g/mol. The van der Waals surface area contributed by atoms with Gasteiger partial charge >= 0.3 is 0 Å². The molecule has 2 fully saturated rings. The highest BCUT2D eigenvalue weighted by atomic mass is 16.2. The summed E-state index contributed by atoms with van der Waals surface area (Å²) in [5.41, 5.74) is 6.89. The standard InChI is InChI=1S/C28H24N6O/c1-29-22-5-3-19(4-6-22)20-14-25-26-30-10-12-34(26)24-8-7-23(13-21(24)16-32(25)15-20)33-11-9-28(27(33)35)17-31(2)18-28/h3-8,10,12-15H,9,11,16-18H2,2H3. The highest BCUT2D eigenvalue weighted by Gasteiger charge is 2.53. The van der Waals surface area contributed by atoms with Crippen LogP contribution in [0, 0.1) is 12.0 Å². The van der Waals surface area contributed by atoms with E-state index in [1.54, 1.807) is 0 Å². The number of anilines is 1. The first-order chi connectivity index (χ1) is 17.0. The second-order valence-electron chi connectivity index (χ2n) is 9.99. The van der Waals surface area contributed by atoms with Crippen LogP contribution in [0.4, 0.5) is 11.4 Å². The molecule has 5 heterocycles. The topological polar surface area (TPSA) is 50.7 Å². The summed E-state index contributed by atoms with van der Waals surface area (Å²) in [6.45, 7) is 10.4. The molecule has 0 atom stereocenters.